The van der Waals surface area contributed by atoms with Gasteiger partial charge in [-0.2, -0.15) is 5.26 Å². The summed E-state index contributed by atoms with van der Waals surface area (Å²) < 4.78 is 5.32. The minimum Gasteiger partial charge on any atom is -0.378 e. The number of halogens is 1. The molecule has 2 aliphatic heterocycles. The van der Waals surface area contributed by atoms with E-state index in [4.69, 9.17) is 16.3 Å². The Morgan fingerprint density at radius 3 is 2.59 bits per heavy atom. The number of anilines is 1. The molecule has 0 spiro atoms. The first kappa shape index (κ1) is 22.4. The Morgan fingerprint density at radius 1 is 1.22 bits per heavy atom. The van der Waals surface area contributed by atoms with Crippen LogP contribution in [-0.4, -0.2) is 48.3 Å². The third-order valence-corrected chi connectivity index (χ3v) is 7.13. The number of carbonyl (C=O) groups is 2. The maximum atomic E-state index is 13.5. The zero-order valence-corrected chi connectivity index (χ0v) is 19.2. The standard InChI is InChI=1S/C24H22ClN3O3S/c1-16-7-8-17(13-20(16)25)14-21-23(30)28(18-5-3-2-4-6-18)24(32-21)19(15-26)22(29)27-9-11-31-12-10-27/h2-8,13,21H,9-12,14H2,1H3/b24-19-. The maximum absolute atomic E-state index is 13.5. The van der Waals surface area contributed by atoms with Gasteiger partial charge in [-0.1, -0.05) is 53.7 Å². The van der Waals surface area contributed by atoms with Crippen molar-refractivity contribution in [3.63, 3.8) is 0 Å². The van der Waals surface area contributed by atoms with Crippen LogP contribution in [0.25, 0.3) is 0 Å². The Morgan fingerprint density at radius 2 is 1.94 bits per heavy atom. The summed E-state index contributed by atoms with van der Waals surface area (Å²) in [5, 5.41) is 10.5. The fourth-order valence-corrected chi connectivity index (χ4v) is 5.20. The number of nitrogens with zero attached hydrogens (tertiary/aromatic N) is 3. The second-order valence-electron chi connectivity index (χ2n) is 7.60. The number of thioether (sulfide) groups is 1. The van der Waals surface area contributed by atoms with Crippen LogP contribution in [0.15, 0.2) is 59.1 Å². The Bertz CT molecular complexity index is 1110. The van der Waals surface area contributed by atoms with Crippen molar-refractivity contribution in [2.75, 3.05) is 31.2 Å². The number of nitriles is 1. The van der Waals surface area contributed by atoms with Gasteiger partial charge >= 0.3 is 0 Å². The number of carbonyl (C=O) groups excluding carboxylic acids is 2. The summed E-state index contributed by atoms with van der Waals surface area (Å²) >= 11 is 7.54. The lowest BCUT2D eigenvalue weighted by atomic mass is 10.1. The van der Waals surface area contributed by atoms with E-state index in [1.54, 1.807) is 17.0 Å². The Kier molecular flexibility index (Phi) is 6.85. The molecule has 2 saturated heterocycles. The molecule has 2 heterocycles. The van der Waals surface area contributed by atoms with Crippen molar-refractivity contribution in [2.45, 2.75) is 18.6 Å². The van der Waals surface area contributed by atoms with E-state index in [-0.39, 0.29) is 17.4 Å². The number of hydrogen-bond acceptors (Lipinski definition) is 5. The quantitative estimate of drug-likeness (QED) is 0.503. The predicted octanol–water partition coefficient (Wildman–Crippen LogP) is 3.93. The van der Waals surface area contributed by atoms with Gasteiger partial charge in [-0.25, -0.2) is 0 Å². The van der Waals surface area contributed by atoms with Crippen molar-refractivity contribution in [3.8, 4) is 6.07 Å². The molecule has 164 valence electrons. The van der Waals surface area contributed by atoms with Crippen molar-refractivity contribution < 1.29 is 14.3 Å². The summed E-state index contributed by atoms with van der Waals surface area (Å²) in [6.07, 6.45) is 0.445. The number of benzene rings is 2. The first-order valence-electron chi connectivity index (χ1n) is 10.3. The van der Waals surface area contributed by atoms with Crippen LogP contribution >= 0.6 is 23.4 Å². The van der Waals surface area contributed by atoms with Crippen molar-refractivity contribution in [1.29, 1.82) is 5.26 Å². The van der Waals surface area contributed by atoms with Crippen LogP contribution in [-0.2, 0) is 20.7 Å². The van der Waals surface area contributed by atoms with Gasteiger partial charge in [-0.15, -0.1) is 0 Å². The van der Waals surface area contributed by atoms with Gasteiger partial charge in [0.2, 0.25) is 5.91 Å². The second-order valence-corrected chi connectivity index (χ2v) is 9.20. The van der Waals surface area contributed by atoms with Gasteiger partial charge in [0.25, 0.3) is 5.91 Å². The van der Waals surface area contributed by atoms with Gasteiger partial charge in [0.05, 0.1) is 18.5 Å². The molecule has 0 N–H and O–H groups in total. The highest BCUT2D eigenvalue weighted by Crippen LogP contribution is 2.42. The van der Waals surface area contributed by atoms with Gasteiger partial charge in [0, 0.05) is 23.8 Å². The van der Waals surface area contributed by atoms with Gasteiger partial charge < -0.3 is 9.64 Å². The van der Waals surface area contributed by atoms with Gasteiger partial charge in [0.15, 0.2) is 0 Å². The largest absolute Gasteiger partial charge is 0.378 e. The van der Waals surface area contributed by atoms with Crippen molar-refractivity contribution in [3.05, 3.63) is 75.3 Å². The first-order valence-corrected chi connectivity index (χ1v) is 11.6. The topological polar surface area (TPSA) is 73.6 Å². The highest BCUT2D eigenvalue weighted by molar-refractivity contribution is 8.05. The van der Waals surface area contributed by atoms with Crippen LogP contribution in [0.3, 0.4) is 0 Å². The van der Waals surface area contributed by atoms with Gasteiger partial charge in [-0.3, -0.25) is 14.5 Å². The zero-order valence-electron chi connectivity index (χ0n) is 17.6. The van der Waals surface area contributed by atoms with Crippen LogP contribution < -0.4 is 4.90 Å². The molecular formula is C24H22ClN3O3S. The molecule has 0 radical (unpaired) electrons. The van der Waals surface area contributed by atoms with Crippen molar-refractivity contribution in [2.24, 2.45) is 0 Å². The normalized spacial score (nSPS) is 20.3. The molecule has 8 heteroatoms. The predicted molar refractivity (Wildman–Crippen MR) is 125 cm³/mol. The molecular weight excluding hydrogens is 446 g/mol. The first-order chi connectivity index (χ1) is 15.5. The Hall–Kier alpha value is -2.79. The molecule has 2 aromatic rings. The molecule has 2 aromatic carbocycles. The summed E-state index contributed by atoms with van der Waals surface area (Å²) in [6, 6.07) is 16.9. The summed E-state index contributed by atoms with van der Waals surface area (Å²) in [5.41, 5.74) is 2.51. The fourth-order valence-electron chi connectivity index (χ4n) is 3.69. The van der Waals surface area contributed by atoms with Crippen LogP contribution in [0.2, 0.25) is 5.02 Å². The van der Waals surface area contributed by atoms with Gasteiger partial charge in [0.1, 0.15) is 16.7 Å². The van der Waals surface area contributed by atoms with E-state index in [2.05, 4.69) is 6.07 Å². The SMILES string of the molecule is Cc1ccc(CC2S/C(=C(/C#N)C(=O)N3CCOCC3)N(c3ccccc3)C2=O)cc1Cl. The molecule has 4 rings (SSSR count). The number of hydrogen-bond donors (Lipinski definition) is 0. The molecule has 2 amide bonds. The maximum Gasteiger partial charge on any atom is 0.267 e. The van der Waals surface area contributed by atoms with E-state index in [0.717, 1.165) is 11.1 Å². The third-order valence-electron chi connectivity index (χ3n) is 5.46. The lowest BCUT2D eigenvalue weighted by Crippen LogP contribution is -2.42. The average Bonchev–Trinajstić information content (AvgIpc) is 3.13. The molecule has 1 atom stereocenters. The highest BCUT2D eigenvalue weighted by Gasteiger charge is 2.41. The van der Waals surface area contributed by atoms with E-state index in [1.165, 1.54) is 16.7 Å². The molecule has 2 fully saturated rings. The Labute approximate surface area is 196 Å². The zero-order chi connectivity index (χ0) is 22.7. The molecule has 0 saturated carbocycles. The molecule has 0 bridgehead atoms. The summed E-state index contributed by atoms with van der Waals surface area (Å²) in [5.74, 6) is -0.526. The van der Waals surface area contributed by atoms with Crippen LogP contribution in [0.1, 0.15) is 11.1 Å². The molecule has 32 heavy (non-hydrogen) atoms. The van der Waals surface area contributed by atoms with Crippen molar-refractivity contribution in [1.82, 2.24) is 4.90 Å². The summed E-state index contributed by atoms with van der Waals surface area (Å²) in [6.45, 7) is 3.64. The minimum atomic E-state index is -0.468. The average molecular weight is 468 g/mol. The monoisotopic (exact) mass is 467 g/mol. The lowest BCUT2D eigenvalue weighted by Gasteiger charge is -2.27. The second kappa shape index (κ2) is 9.78. The number of morpholine rings is 1. The van der Waals surface area contributed by atoms with Crippen molar-refractivity contribution >= 4 is 40.9 Å². The molecule has 1 unspecified atom stereocenters. The van der Waals surface area contributed by atoms with Crippen LogP contribution in [0, 0.1) is 18.3 Å². The Balaban J connectivity index is 1.71. The number of aryl methyl sites for hydroxylation is 1. The van der Waals surface area contributed by atoms with E-state index in [0.29, 0.717) is 48.5 Å². The molecule has 6 nitrogen and oxygen atoms in total. The number of ether oxygens (including phenoxy) is 1. The summed E-state index contributed by atoms with van der Waals surface area (Å²) in [7, 11) is 0. The third kappa shape index (κ3) is 4.53. The molecule has 2 aliphatic rings. The van der Waals surface area contributed by atoms with Crippen LogP contribution in [0.5, 0.6) is 0 Å². The molecule has 0 aliphatic carbocycles. The van der Waals surface area contributed by atoms with E-state index < -0.39 is 5.25 Å². The van der Waals surface area contributed by atoms with E-state index >= 15 is 0 Å². The lowest BCUT2D eigenvalue weighted by molar-refractivity contribution is -0.130. The smallest absolute Gasteiger partial charge is 0.267 e. The number of para-hydroxylation sites is 1. The minimum absolute atomic E-state index is 0.0152. The van der Waals surface area contributed by atoms with E-state index in [1.807, 2.05) is 43.3 Å². The van der Waals surface area contributed by atoms with Crippen LogP contribution in [0.4, 0.5) is 5.69 Å². The molecule has 0 aromatic heterocycles. The highest BCUT2D eigenvalue weighted by atomic mass is 35.5. The fraction of sp³-hybridized carbons (Fsp3) is 0.292. The number of amides is 2. The summed E-state index contributed by atoms with van der Waals surface area (Å²) in [4.78, 5) is 29.8. The van der Waals surface area contributed by atoms with E-state index in [9.17, 15) is 14.9 Å². The van der Waals surface area contributed by atoms with Gasteiger partial charge in [-0.05, 0) is 42.7 Å². The number of rotatable bonds is 4.